The van der Waals surface area contributed by atoms with E-state index in [1.165, 1.54) is 0 Å². The molecule has 0 atom stereocenters. The molecule has 0 saturated carbocycles. The lowest BCUT2D eigenvalue weighted by atomic mass is 9.90. The molecule has 1 aromatic heterocycles. The van der Waals surface area contributed by atoms with E-state index in [2.05, 4.69) is 29.2 Å². The van der Waals surface area contributed by atoms with E-state index in [1.54, 1.807) is 12.1 Å². The van der Waals surface area contributed by atoms with Crippen LogP contribution in [0.4, 0.5) is 17.1 Å². The first kappa shape index (κ1) is 21.5. The van der Waals surface area contributed by atoms with Gasteiger partial charge in [0.2, 0.25) is 0 Å². The molecule has 0 N–H and O–H groups in total. The molecule has 1 heterocycles. The quantitative estimate of drug-likeness (QED) is 0.159. The molecule has 0 fully saturated rings. The molecule has 2 heteroatoms. The fourth-order valence-electron chi connectivity index (χ4n) is 7.60. The van der Waals surface area contributed by atoms with Gasteiger partial charge in [-0.15, -0.1) is 0 Å². The highest BCUT2D eigenvalue weighted by Crippen LogP contribution is 2.44. The van der Waals surface area contributed by atoms with E-state index in [0.717, 1.165) is 39.3 Å². The van der Waals surface area contributed by atoms with Gasteiger partial charge in [-0.25, -0.2) is 0 Å². The zero-order chi connectivity index (χ0) is 48.3. The molecule has 11 aromatic rings. The maximum absolute atomic E-state index is 9.93. The SMILES string of the molecule is [2H]c1c([2H])c([2H])c2c(oc3c([2H])c([2H])c4c5c([2H])c(-c6ccc(N(c7ccc(-c8ccccc8)cc7)c7ccc(-c8ccccc8)cc7)cc6)c([2H])c([2H])c5c5c([2H])c([2H])c([2H])c([2H])c5c4c32)c1[2H]. The molecule has 11 rings (SSSR count). The molecular formula is C54H35NO. The summed E-state index contributed by atoms with van der Waals surface area (Å²) in [4.78, 5) is 2.08. The number of benzene rings is 10. The monoisotopic (exact) mass is 726 g/mol. The van der Waals surface area contributed by atoms with Gasteiger partial charge in [0.05, 0.1) is 17.8 Å². The van der Waals surface area contributed by atoms with Crippen molar-refractivity contribution in [1.29, 1.82) is 0 Å². The lowest BCUT2D eigenvalue weighted by Crippen LogP contribution is -2.09. The summed E-state index contributed by atoms with van der Waals surface area (Å²) < 4.78 is 124. The number of rotatable bonds is 6. The first-order chi connectivity index (χ1) is 33.2. The van der Waals surface area contributed by atoms with Crippen molar-refractivity contribution in [3.63, 3.8) is 0 Å². The zero-order valence-corrected chi connectivity index (χ0v) is 29.6. The summed E-state index contributed by atoms with van der Waals surface area (Å²) in [6, 6.07) is 36.7. The molecule has 2 nitrogen and oxygen atoms in total. The Bertz CT molecular complexity index is 3870. The van der Waals surface area contributed by atoms with Crippen molar-refractivity contribution in [3.8, 4) is 33.4 Å². The summed E-state index contributed by atoms with van der Waals surface area (Å²) >= 11 is 0. The largest absolute Gasteiger partial charge is 0.456 e. The smallest absolute Gasteiger partial charge is 0.136 e. The molecule has 10 aromatic carbocycles. The van der Waals surface area contributed by atoms with Gasteiger partial charge in [0.15, 0.2) is 0 Å². The lowest BCUT2D eigenvalue weighted by Gasteiger charge is -2.26. The lowest BCUT2D eigenvalue weighted by molar-refractivity contribution is 0.669. The fourth-order valence-corrected chi connectivity index (χ4v) is 7.60. The molecule has 262 valence electrons. The van der Waals surface area contributed by atoms with E-state index in [1.807, 2.05) is 97.1 Å². The molecular weight excluding hydrogens is 679 g/mol. The van der Waals surface area contributed by atoms with Gasteiger partial charge < -0.3 is 9.32 Å². The molecule has 0 aliphatic heterocycles. The second-order valence-electron chi connectivity index (χ2n) is 13.5. The predicted octanol–water partition coefficient (Wildman–Crippen LogP) is 15.5. The minimum Gasteiger partial charge on any atom is -0.456 e. The molecule has 0 saturated heterocycles. The Morgan fingerprint density at radius 1 is 0.321 bits per heavy atom. The molecule has 0 spiro atoms. The summed E-state index contributed by atoms with van der Waals surface area (Å²) in [7, 11) is 0. The minimum absolute atomic E-state index is 0.00323. The van der Waals surface area contributed by atoms with Crippen LogP contribution in [0.5, 0.6) is 0 Å². The van der Waals surface area contributed by atoms with Crippen molar-refractivity contribution < 1.29 is 22.2 Å². The fraction of sp³-hybridized carbons (Fsp3) is 0. The van der Waals surface area contributed by atoms with Crippen molar-refractivity contribution in [1.82, 2.24) is 0 Å². The number of nitrogens with zero attached hydrogens (tertiary/aromatic N) is 1. The van der Waals surface area contributed by atoms with Crippen molar-refractivity contribution in [2.45, 2.75) is 0 Å². The summed E-state index contributed by atoms with van der Waals surface area (Å²) in [5.74, 6) is 0. The summed E-state index contributed by atoms with van der Waals surface area (Å²) in [6.45, 7) is 0. The summed E-state index contributed by atoms with van der Waals surface area (Å²) in [5, 5.41) is -1.23. The van der Waals surface area contributed by atoms with Crippen LogP contribution in [0.3, 0.4) is 0 Å². The molecule has 0 amide bonds. The van der Waals surface area contributed by atoms with Crippen molar-refractivity contribution in [2.24, 2.45) is 0 Å². The number of furan rings is 1. The molecule has 0 bridgehead atoms. The molecule has 56 heavy (non-hydrogen) atoms. The van der Waals surface area contributed by atoms with Crippen LogP contribution < -0.4 is 4.90 Å². The van der Waals surface area contributed by atoms with Crippen LogP contribution in [-0.2, 0) is 0 Å². The first-order valence-electron chi connectivity index (χ1n) is 24.6. The highest BCUT2D eigenvalue weighted by atomic mass is 16.3. The van der Waals surface area contributed by atoms with Gasteiger partial charge in [-0.1, -0.05) is 151 Å². The Morgan fingerprint density at radius 3 is 1.36 bits per heavy atom. The average Bonchev–Trinajstić information content (AvgIpc) is 3.79. The van der Waals surface area contributed by atoms with Crippen LogP contribution in [0.1, 0.15) is 17.8 Å². The standard InChI is InChI=1S/C54H35NO/c1-3-11-36(12-4-1)38-19-26-42(27-20-38)55(43-28-21-39(22-29-43)37-13-5-2-6-14-37)44-30-23-40(24-31-44)41-25-32-46-45-15-7-8-16-47(45)53-48(50(46)35-41)33-34-52-54(53)49-17-9-10-18-51(49)56-52/h1-35H/i7D,8D,9D,10D,15D,16D,17D,18D,25D,32D,33D,34D,35D. The van der Waals surface area contributed by atoms with Crippen LogP contribution in [0.25, 0.3) is 87.6 Å². The van der Waals surface area contributed by atoms with E-state index in [9.17, 15) is 9.60 Å². The van der Waals surface area contributed by atoms with E-state index in [4.69, 9.17) is 12.6 Å². The van der Waals surface area contributed by atoms with Gasteiger partial charge in [-0.3, -0.25) is 0 Å². The Kier molecular flexibility index (Phi) is 5.04. The Balaban J connectivity index is 1.16. The Hall–Kier alpha value is -7.42. The number of para-hydroxylation sites is 1. The number of hydrogen-bond donors (Lipinski definition) is 0. The van der Waals surface area contributed by atoms with Gasteiger partial charge in [0, 0.05) is 33.2 Å². The summed E-state index contributed by atoms with van der Waals surface area (Å²) in [5.41, 5.74) is 6.42. The van der Waals surface area contributed by atoms with Crippen LogP contribution >= 0.6 is 0 Å². The predicted molar refractivity (Wildman–Crippen MR) is 237 cm³/mol. The van der Waals surface area contributed by atoms with Gasteiger partial charge in [-0.05, 0) is 121 Å². The highest BCUT2D eigenvalue weighted by molar-refractivity contribution is 6.34. The molecule has 0 aliphatic rings. The third-order valence-electron chi connectivity index (χ3n) is 10.3. The van der Waals surface area contributed by atoms with E-state index < -0.39 is 72.5 Å². The number of anilines is 3. The van der Waals surface area contributed by atoms with Gasteiger partial charge in [0.25, 0.3) is 0 Å². The highest BCUT2D eigenvalue weighted by Gasteiger charge is 2.18. The zero-order valence-electron chi connectivity index (χ0n) is 42.6. The van der Waals surface area contributed by atoms with Crippen molar-refractivity contribution in [2.75, 3.05) is 4.90 Å². The third-order valence-corrected chi connectivity index (χ3v) is 10.3. The van der Waals surface area contributed by atoms with Crippen molar-refractivity contribution >= 4 is 71.3 Å². The normalized spacial score (nSPS) is 14.8. The van der Waals surface area contributed by atoms with Crippen LogP contribution in [-0.4, -0.2) is 0 Å². The van der Waals surface area contributed by atoms with Crippen LogP contribution in [0, 0.1) is 0 Å². The van der Waals surface area contributed by atoms with E-state index >= 15 is 0 Å². The van der Waals surface area contributed by atoms with Gasteiger partial charge in [0.1, 0.15) is 11.2 Å². The van der Waals surface area contributed by atoms with Gasteiger partial charge >= 0.3 is 0 Å². The van der Waals surface area contributed by atoms with E-state index in [0.29, 0.717) is 5.56 Å². The average molecular weight is 727 g/mol. The Labute approximate surface area is 343 Å². The number of hydrogen-bond acceptors (Lipinski definition) is 2. The molecule has 0 radical (unpaired) electrons. The topological polar surface area (TPSA) is 16.4 Å². The van der Waals surface area contributed by atoms with E-state index in [-0.39, 0.29) is 65.9 Å². The van der Waals surface area contributed by atoms with Crippen molar-refractivity contribution in [3.05, 3.63) is 212 Å². The molecule has 0 unspecified atom stereocenters. The number of fused-ring (bicyclic) bond motifs is 10. The minimum atomic E-state index is -0.647. The third kappa shape index (κ3) is 5.34. The molecule has 0 aliphatic carbocycles. The maximum Gasteiger partial charge on any atom is 0.136 e. The van der Waals surface area contributed by atoms with Gasteiger partial charge in [-0.2, -0.15) is 0 Å². The first-order valence-corrected chi connectivity index (χ1v) is 18.1. The maximum atomic E-state index is 9.93. The summed E-state index contributed by atoms with van der Waals surface area (Å²) in [6.07, 6.45) is 0. The second kappa shape index (κ2) is 13.2. The second-order valence-corrected chi connectivity index (χ2v) is 13.5. The van der Waals surface area contributed by atoms with Crippen LogP contribution in [0.2, 0.25) is 0 Å². The van der Waals surface area contributed by atoms with Crippen LogP contribution in [0.15, 0.2) is 216 Å². The Morgan fingerprint density at radius 2 is 0.768 bits per heavy atom.